The zero-order valence-corrected chi connectivity index (χ0v) is 30.4. The summed E-state index contributed by atoms with van der Waals surface area (Å²) in [6, 6.07) is 61.3. The molecule has 5 nitrogen and oxygen atoms in total. The van der Waals surface area contributed by atoms with Crippen molar-refractivity contribution in [3.05, 3.63) is 187 Å². The Balaban J connectivity index is 1.05. The van der Waals surface area contributed by atoms with Crippen LogP contribution in [0.1, 0.15) is 17.7 Å². The summed E-state index contributed by atoms with van der Waals surface area (Å²) in [7, 11) is 0. The Morgan fingerprint density at radius 2 is 0.982 bits per heavy atom. The fraction of sp³-hybridized carbons (Fsp3) is 0.0392. The predicted molar refractivity (Wildman–Crippen MR) is 229 cm³/mol. The number of aryl methyl sites for hydroxylation is 1. The molecule has 0 aliphatic heterocycles. The molecule has 0 bridgehead atoms. The third-order valence-electron chi connectivity index (χ3n) is 11.0. The minimum Gasteiger partial charge on any atom is -0.456 e. The Morgan fingerprint density at radius 3 is 1.71 bits per heavy atom. The largest absolute Gasteiger partial charge is 0.456 e. The van der Waals surface area contributed by atoms with Crippen molar-refractivity contribution >= 4 is 44.5 Å². The third kappa shape index (κ3) is 5.44. The minimum absolute atomic E-state index is 0.626. The molecule has 0 N–H and O–H groups in total. The van der Waals surface area contributed by atoms with Crippen LogP contribution in [0.3, 0.4) is 0 Å². The number of rotatable bonds is 6. The number of aromatic nitrogens is 4. The summed E-state index contributed by atoms with van der Waals surface area (Å²) in [5, 5.41) is 3.55. The quantitative estimate of drug-likeness (QED) is 0.172. The lowest BCUT2D eigenvalue weighted by atomic mass is 9.95. The number of hydrogen-bond acceptors (Lipinski definition) is 4. The molecule has 0 unspecified atom stereocenters. The highest BCUT2D eigenvalue weighted by Gasteiger charge is 2.25. The van der Waals surface area contributed by atoms with Gasteiger partial charge < -0.3 is 8.98 Å². The number of hydrogen-bond donors (Lipinski definition) is 0. The van der Waals surface area contributed by atoms with Crippen LogP contribution in [-0.2, 0) is 6.42 Å². The number of nitrogens with zero attached hydrogens (tertiary/aromatic N) is 4. The van der Waals surface area contributed by atoms with Crippen LogP contribution < -0.4 is 0 Å². The van der Waals surface area contributed by atoms with Crippen LogP contribution in [0.25, 0.3) is 101 Å². The van der Waals surface area contributed by atoms with Gasteiger partial charge in [-0.1, -0.05) is 158 Å². The van der Waals surface area contributed by atoms with E-state index in [9.17, 15) is 0 Å². The van der Waals surface area contributed by atoms with Crippen LogP contribution in [0, 0.1) is 0 Å². The molecule has 5 heteroatoms. The summed E-state index contributed by atoms with van der Waals surface area (Å²) in [5.74, 6) is 2.77. The van der Waals surface area contributed by atoms with Crippen molar-refractivity contribution in [3.63, 3.8) is 0 Å². The SMILES string of the molecule is C1=C(n2c3ccccc3c3ccc(-c4ccccc4)cc32)CCc2c1oc1cccc(-c3nc(-c4ccccc4)nc(-c4ccc(-c5ccccc5)cc4)n3)c21. The Kier molecular flexibility index (Phi) is 7.56. The first-order valence-corrected chi connectivity index (χ1v) is 19.1. The summed E-state index contributed by atoms with van der Waals surface area (Å²) in [6.07, 6.45) is 3.92. The lowest BCUT2D eigenvalue weighted by molar-refractivity contribution is 0.595. The summed E-state index contributed by atoms with van der Waals surface area (Å²) >= 11 is 0. The lowest BCUT2D eigenvalue weighted by Crippen LogP contribution is -2.04. The molecule has 11 rings (SSSR count). The van der Waals surface area contributed by atoms with Gasteiger partial charge in [-0.15, -0.1) is 0 Å². The first-order chi connectivity index (χ1) is 27.7. The second kappa shape index (κ2) is 13.2. The van der Waals surface area contributed by atoms with Crippen molar-refractivity contribution < 1.29 is 4.42 Å². The van der Waals surface area contributed by atoms with E-state index in [1.807, 2.05) is 42.5 Å². The molecule has 1 aliphatic rings. The molecule has 10 aromatic rings. The Morgan fingerprint density at radius 1 is 0.429 bits per heavy atom. The normalized spacial score (nSPS) is 12.6. The molecule has 0 fully saturated rings. The topological polar surface area (TPSA) is 56.7 Å². The second-order valence-corrected chi connectivity index (χ2v) is 14.3. The average molecular weight is 719 g/mol. The smallest absolute Gasteiger partial charge is 0.164 e. The second-order valence-electron chi connectivity index (χ2n) is 14.3. The number of allylic oxidation sites excluding steroid dienone is 1. The van der Waals surface area contributed by atoms with Gasteiger partial charge in [0.05, 0.1) is 11.0 Å². The van der Waals surface area contributed by atoms with E-state index in [4.69, 9.17) is 19.4 Å². The van der Waals surface area contributed by atoms with Crippen LogP contribution >= 0.6 is 0 Å². The molecular weight excluding hydrogens is 685 g/mol. The maximum atomic E-state index is 6.72. The standard InChI is InChI=1S/C51H34N4O/c1-4-13-33(14-5-1)35-23-25-37(26-24-35)50-52-49(36-17-8-3-9-18-36)53-51(54-50)43-20-12-22-46-48(43)42-30-28-39(32-47(42)56-46)55-44-21-11-10-19-40(44)41-29-27-38(31-45(41)55)34-15-6-2-7-16-34/h1-27,29,31-32H,28,30H2. The van der Waals surface area contributed by atoms with E-state index in [0.29, 0.717) is 17.5 Å². The number of fused-ring (bicyclic) bond motifs is 6. The number of benzene rings is 7. The maximum Gasteiger partial charge on any atom is 0.164 e. The highest BCUT2D eigenvalue weighted by molar-refractivity contribution is 6.12. The van der Waals surface area contributed by atoms with Crippen LogP contribution in [0.4, 0.5) is 0 Å². The number of para-hydroxylation sites is 1. The third-order valence-corrected chi connectivity index (χ3v) is 11.0. The molecule has 0 saturated carbocycles. The van der Waals surface area contributed by atoms with Crippen molar-refractivity contribution in [2.24, 2.45) is 0 Å². The van der Waals surface area contributed by atoms with Crippen molar-refractivity contribution in [1.82, 2.24) is 19.5 Å². The van der Waals surface area contributed by atoms with Gasteiger partial charge in [-0.25, -0.2) is 15.0 Å². The first kappa shape index (κ1) is 32.1. The van der Waals surface area contributed by atoms with E-state index in [2.05, 4.69) is 144 Å². The highest BCUT2D eigenvalue weighted by Crippen LogP contribution is 2.42. The zero-order chi connectivity index (χ0) is 37.0. The van der Waals surface area contributed by atoms with Crippen LogP contribution in [0.15, 0.2) is 180 Å². The molecule has 0 saturated heterocycles. The van der Waals surface area contributed by atoms with E-state index < -0.39 is 0 Å². The van der Waals surface area contributed by atoms with Gasteiger partial charge in [-0.2, -0.15) is 0 Å². The van der Waals surface area contributed by atoms with Gasteiger partial charge >= 0.3 is 0 Å². The molecule has 0 spiro atoms. The van der Waals surface area contributed by atoms with Gasteiger partial charge in [0.1, 0.15) is 11.3 Å². The van der Waals surface area contributed by atoms with Crippen molar-refractivity contribution in [2.45, 2.75) is 12.8 Å². The maximum absolute atomic E-state index is 6.72. The van der Waals surface area contributed by atoms with E-state index in [1.54, 1.807) is 0 Å². The van der Waals surface area contributed by atoms with Crippen molar-refractivity contribution in [3.8, 4) is 56.4 Å². The van der Waals surface area contributed by atoms with E-state index in [0.717, 1.165) is 51.8 Å². The van der Waals surface area contributed by atoms with Crippen LogP contribution in [-0.4, -0.2) is 19.5 Å². The predicted octanol–water partition coefficient (Wildman–Crippen LogP) is 13.0. The van der Waals surface area contributed by atoms with Crippen LogP contribution in [0.2, 0.25) is 0 Å². The van der Waals surface area contributed by atoms with Gasteiger partial charge in [0.25, 0.3) is 0 Å². The molecule has 264 valence electrons. The van der Waals surface area contributed by atoms with Gasteiger partial charge in [-0.3, -0.25) is 0 Å². The monoisotopic (exact) mass is 718 g/mol. The Bertz CT molecular complexity index is 3110. The fourth-order valence-corrected chi connectivity index (χ4v) is 8.31. The summed E-state index contributed by atoms with van der Waals surface area (Å²) in [6.45, 7) is 0. The molecule has 1 aliphatic carbocycles. The first-order valence-electron chi connectivity index (χ1n) is 19.1. The lowest BCUT2D eigenvalue weighted by Gasteiger charge is -2.17. The molecule has 0 atom stereocenters. The molecule has 3 heterocycles. The Labute approximate surface area is 323 Å². The molecule has 3 aromatic heterocycles. The van der Waals surface area contributed by atoms with Crippen molar-refractivity contribution in [2.75, 3.05) is 0 Å². The molecule has 0 amide bonds. The van der Waals surface area contributed by atoms with Gasteiger partial charge in [0.15, 0.2) is 17.5 Å². The van der Waals surface area contributed by atoms with Gasteiger partial charge in [0, 0.05) is 50.2 Å². The summed E-state index contributed by atoms with van der Waals surface area (Å²) in [4.78, 5) is 15.3. The van der Waals surface area contributed by atoms with Gasteiger partial charge in [0.2, 0.25) is 0 Å². The van der Waals surface area contributed by atoms with E-state index >= 15 is 0 Å². The van der Waals surface area contributed by atoms with Crippen LogP contribution in [0.5, 0.6) is 0 Å². The van der Waals surface area contributed by atoms with Gasteiger partial charge in [-0.05, 0) is 53.3 Å². The minimum atomic E-state index is 0.626. The molecule has 0 radical (unpaired) electrons. The fourth-order valence-electron chi connectivity index (χ4n) is 8.31. The van der Waals surface area contributed by atoms with Crippen molar-refractivity contribution in [1.29, 1.82) is 0 Å². The van der Waals surface area contributed by atoms with E-state index in [-0.39, 0.29) is 0 Å². The highest BCUT2D eigenvalue weighted by atomic mass is 16.3. The summed E-state index contributed by atoms with van der Waals surface area (Å²) < 4.78 is 9.15. The molecular formula is C51H34N4O. The Hall–Kier alpha value is -7.37. The zero-order valence-electron chi connectivity index (χ0n) is 30.4. The van der Waals surface area contributed by atoms with E-state index in [1.165, 1.54) is 49.8 Å². The molecule has 7 aromatic carbocycles. The summed E-state index contributed by atoms with van der Waals surface area (Å²) in [5.41, 5.74) is 13.1. The number of furan rings is 1. The average Bonchev–Trinajstić information content (AvgIpc) is 3.82. The molecule has 56 heavy (non-hydrogen) atoms.